The van der Waals surface area contributed by atoms with Crippen molar-refractivity contribution < 1.29 is 9.53 Å². The average molecular weight is 417 g/mol. The van der Waals surface area contributed by atoms with Gasteiger partial charge in [-0.25, -0.2) is 0 Å². The molecule has 0 amide bonds. The van der Waals surface area contributed by atoms with E-state index in [0.29, 0.717) is 19.4 Å². The van der Waals surface area contributed by atoms with Crippen LogP contribution >= 0.6 is 0 Å². The molecular weight excluding hydrogens is 388 g/mol. The Morgan fingerprint density at radius 1 is 0.806 bits per heavy atom. The summed E-state index contributed by atoms with van der Waals surface area (Å²) >= 11 is 0. The lowest BCUT2D eigenvalue weighted by molar-refractivity contribution is -0.155. The predicted molar refractivity (Wildman–Crippen MR) is 123 cm³/mol. The highest BCUT2D eigenvalue weighted by atomic mass is 16.6. The Labute approximate surface area is 182 Å². The van der Waals surface area contributed by atoms with Gasteiger partial charge in [0.1, 0.15) is 6.04 Å². The molecule has 0 saturated heterocycles. The van der Waals surface area contributed by atoms with Crippen LogP contribution in [-0.2, 0) is 15.1 Å². The van der Waals surface area contributed by atoms with Gasteiger partial charge < -0.3 is 21.9 Å². The number of hydrogen-bond acceptors (Lipinski definition) is 4. The highest BCUT2D eigenvalue weighted by Gasteiger charge is 2.41. The molecule has 0 aromatic heterocycles. The van der Waals surface area contributed by atoms with Crippen LogP contribution in [0.2, 0.25) is 0 Å². The highest BCUT2D eigenvalue weighted by molar-refractivity contribution is 5.77. The van der Waals surface area contributed by atoms with Crippen molar-refractivity contribution in [2.24, 2.45) is 22.2 Å². The second-order valence-corrected chi connectivity index (χ2v) is 7.26. The molecule has 6 heteroatoms. The zero-order valence-corrected chi connectivity index (χ0v) is 17.4. The van der Waals surface area contributed by atoms with Crippen molar-refractivity contribution in [1.82, 2.24) is 0 Å². The molecule has 6 nitrogen and oxygen atoms in total. The first-order valence-corrected chi connectivity index (χ1v) is 10.2. The predicted octanol–water partition coefficient (Wildman–Crippen LogP) is 2.90. The summed E-state index contributed by atoms with van der Waals surface area (Å²) in [5.41, 5.74) is 18.3. The van der Waals surface area contributed by atoms with Crippen LogP contribution in [0.4, 0.5) is 0 Å². The summed E-state index contributed by atoms with van der Waals surface area (Å²) in [6, 6.07) is 28.3. The molecule has 0 radical (unpaired) electrons. The van der Waals surface area contributed by atoms with Gasteiger partial charge in [-0.05, 0) is 12.8 Å². The molecule has 0 spiro atoms. The highest BCUT2D eigenvalue weighted by Crippen LogP contribution is 2.40. The number of nitrogens with zero attached hydrogens (tertiary/aromatic N) is 1. The fourth-order valence-electron chi connectivity index (χ4n) is 3.56. The lowest BCUT2D eigenvalue weighted by Gasteiger charge is -2.36. The Morgan fingerprint density at radius 2 is 1.23 bits per heavy atom. The molecule has 0 aliphatic carbocycles. The molecule has 0 aliphatic heterocycles. The van der Waals surface area contributed by atoms with E-state index >= 15 is 0 Å². The van der Waals surface area contributed by atoms with E-state index in [1.807, 2.05) is 91.0 Å². The monoisotopic (exact) mass is 416 g/mol. The van der Waals surface area contributed by atoms with E-state index in [0.717, 1.165) is 16.7 Å². The average Bonchev–Trinajstić information content (AvgIpc) is 2.81. The van der Waals surface area contributed by atoms with Gasteiger partial charge in [0.2, 0.25) is 0 Å². The molecule has 0 saturated carbocycles. The number of benzene rings is 3. The first-order chi connectivity index (χ1) is 15.0. The largest absolute Gasteiger partial charge is 0.443 e. The maximum Gasteiger partial charge on any atom is 0.324 e. The maximum absolute atomic E-state index is 13.2. The molecule has 1 atom stereocenters. The Kier molecular flexibility index (Phi) is 7.40. The van der Waals surface area contributed by atoms with Crippen LogP contribution in [0.1, 0.15) is 29.5 Å². The van der Waals surface area contributed by atoms with Crippen molar-refractivity contribution in [3.05, 3.63) is 108 Å². The van der Waals surface area contributed by atoms with E-state index < -0.39 is 17.6 Å². The minimum Gasteiger partial charge on any atom is -0.443 e. The quantitative estimate of drug-likeness (QED) is 0.163. The zero-order chi connectivity index (χ0) is 22.1. The lowest BCUT2D eigenvalue weighted by atomic mass is 9.80. The number of hydrogen-bond donors (Lipinski definition) is 3. The van der Waals surface area contributed by atoms with Gasteiger partial charge in [-0.15, -0.1) is 0 Å². The summed E-state index contributed by atoms with van der Waals surface area (Å²) in [4.78, 5) is 17.1. The van der Waals surface area contributed by atoms with Crippen LogP contribution < -0.4 is 17.2 Å². The molecule has 6 N–H and O–H groups in total. The van der Waals surface area contributed by atoms with Crippen LogP contribution in [0.15, 0.2) is 96.0 Å². The first-order valence-electron chi connectivity index (χ1n) is 10.2. The van der Waals surface area contributed by atoms with Crippen LogP contribution in [0.3, 0.4) is 0 Å². The SMILES string of the molecule is NC(N)=NCCC[C@H](N)C(=O)OC(c1ccccc1)(c1ccccc1)c1ccccc1. The summed E-state index contributed by atoms with van der Waals surface area (Å²) in [7, 11) is 0. The molecule has 3 aromatic carbocycles. The standard InChI is InChI=1S/C25H28N4O2/c26-22(17-10-18-29-24(27)28)23(30)31-25(19-11-4-1-5-12-19,20-13-6-2-7-14-20)21-15-8-3-9-16-21/h1-9,11-16,22H,10,17-18,26H2,(H4,27,28,29)/t22-/m0/s1. The molecule has 0 aliphatic rings. The summed E-state index contributed by atoms with van der Waals surface area (Å²) in [5.74, 6) is -0.464. The van der Waals surface area contributed by atoms with Crippen molar-refractivity contribution in [1.29, 1.82) is 0 Å². The Hall–Kier alpha value is -3.64. The topological polar surface area (TPSA) is 117 Å². The summed E-state index contributed by atoms with van der Waals surface area (Å²) in [6.07, 6.45) is 0.979. The van der Waals surface area contributed by atoms with Gasteiger partial charge in [0.05, 0.1) is 0 Å². The number of esters is 1. The number of carbonyl (C=O) groups is 1. The molecule has 160 valence electrons. The maximum atomic E-state index is 13.2. The van der Waals surface area contributed by atoms with E-state index in [4.69, 9.17) is 21.9 Å². The molecule has 31 heavy (non-hydrogen) atoms. The minimum atomic E-state index is -1.13. The van der Waals surface area contributed by atoms with Gasteiger partial charge in [-0.1, -0.05) is 91.0 Å². The molecule has 0 unspecified atom stereocenters. The van der Waals surface area contributed by atoms with E-state index in [9.17, 15) is 4.79 Å². The number of rotatable bonds is 9. The molecular formula is C25H28N4O2. The fraction of sp³-hybridized carbons (Fsp3) is 0.200. The number of aliphatic imine (C=N–C) groups is 1. The van der Waals surface area contributed by atoms with Gasteiger partial charge in [-0.2, -0.15) is 0 Å². The first kappa shape index (κ1) is 22.1. The van der Waals surface area contributed by atoms with Crippen LogP contribution in [0, 0.1) is 0 Å². The molecule has 3 rings (SSSR count). The van der Waals surface area contributed by atoms with Crippen LogP contribution in [0.25, 0.3) is 0 Å². The second-order valence-electron chi connectivity index (χ2n) is 7.26. The van der Waals surface area contributed by atoms with Gasteiger partial charge in [-0.3, -0.25) is 9.79 Å². The molecule has 0 heterocycles. The second kappa shape index (κ2) is 10.4. The van der Waals surface area contributed by atoms with Crippen molar-refractivity contribution in [3.8, 4) is 0 Å². The molecule has 3 aromatic rings. The number of carbonyl (C=O) groups excluding carboxylic acids is 1. The molecule has 0 bridgehead atoms. The van der Waals surface area contributed by atoms with Crippen molar-refractivity contribution in [2.45, 2.75) is 24.5 Å². The third-order valence-corrected chi connectivity index (χ3v) is 5.07. The minimum absolute atomic E-state index is 0.0207. The van der Waals surface area contributed by atoms with Crippen molar-refractivity contribution >= 4 is 11.9 Å². The summed E-state index contributed by atoms with van der Waals surface area (Å²) in [5, 5.41) is 0. The van der Waals surface area contributed by atoms with Crippen molar-refractivity contribution in [2.75, 3.05) is 6.54 Å². The molecule has 0 fully saturated rings. The van der Waals surface area contributed by atoms with Gasteiger partial charge in [0, 0.05) is 23.2 Å². The third kappa shape index (κ3) is 5.29. The van der Waals surface area contributed by atoms with E-state index in [1.54, 1.807) is 0 Å². The smallest absolute Gasteiger partial charge is 0.324 e. The van der Waals surface area contributed by atoms with E-state index in [2.05, 4.69) is 4.99 Å². The number of ether oxygens (including phenoxy) is 1. The number of nitrogens with two attached hydrogens (primary N) is 3. The Bertz CT molecular complexity index is 891. The summed E-state index contributed by atoms with van der Waals surface area (Å²) in [6.45, 7) is 0.407. The van der Waals surface area contributed by atoms with Crippen LogP contribution in [0.5, 0.6) is 0 Å². The van der Waals surface area contributed by atoms with Crippen molar-refractivity contribution in [3.63, 3.8) is 0 Å². The fourth-order valence-corrected chi connectivity index (χ4v) is 3.56. The third-order valence-electron chi connectivity index (χ3n) is 5.07. The summed E-state index contributed by atoms with van der Waals surface area (Å²) < 4.78 is 6.29. The normalized spacial score (nSPS) is 12.0. The lowest BCUT2D eigenvalue weighted by Crippen LogP contribution is -2.42. The van der Waals surface area contributed by atoms with Crippen LogP contribution in [-0.4, -0.2) is 24.5 Å². The van der Waals surface area contributed by atoms with E-state index in [-0.39, 0.29) is 5.96 Å². The van der Waals surface area contributed by atoms with Gasteiger partial charge in [0.15, 0.2) is 11.6 Å². The van der Waals surface area contributed by atoms with Gasteiger partial charge in [0.25, 0.3) is 0 Å². The number of guanidine groups is 1. The Morgan fingerprint density at radius 3 is 1.61 bits per heavy atom. The van der Waals surface area contributed by atoms with Gasteiger partial charge >= 0.3 is 5.97 Å². The Balaban J connectivity index is 2.00. The zero-order valence-electron chi connectivity index (χ0n) is 17.4. The van der Waals surface area contributed by atoms with E-state index in [1.165, 1.54) is 0 Å².